The van der Waals surface area contributed by atoms with Crippen LogP contribution in [-0.2, 0) is 11.3 Å². The molecule has 1 saturated carbocycles. The molecule has 30 heavy (non-hydrogen) atoms. The van der Waals surface area contributed by atoms with Crippen LogP contribution in [0, 0.1) is 12.8 Å². The van der Waals surface area contributed by atoms with Crippen LogP contribution < -0.4 is 10.2 Å². The monoisotopic (exact) mass is 411 g/mol. The number of carbonyl (C=O) groups excluding carboxylic acids is 2. The van der Waals surface area contributed by atoms with E-state index in [-0.39, 0.29) is 12.3 Å². The minimum Gasteiger partial charge on any atom is -0.354 e. The third-order valence-corrected chi connectivity index (χ3v) is 6.74. The van der Waals surface area contributed by atoms with E-state index in [2.05, 4.69) is 40.2 Å². The van der Waals surface area contributed by atoms with Crippen LogP contribution in [-0.4, -0.2) is 65.7 Å². The highest BCUT2D eigenvalue weighted by Gasteiger charge is 2.31. The number of urea groups is 1. The standard InChI is InChI=1S/C22H29N5O3/c1-14-11-25(9-10-26(14)12-16-3-4-16)13-17-5-6-18-20(15(17)2)21(24-30-18)27-8-7-19(28)23-22(27)29/h5-6,14,16H,3-4,7-13H2,1-2H3,(H,23,28,29)/t14-/m0/s1. The summed E-state index contributed by atoms with van der Waals surface area (Å²) < 4.78 is 5.50. The molecule has 1 aromatic carbocycles. The van der Waals surface area contributed by atoms with Gasteiger partial charge in [-0.1, -0.05) is 11.2 Å². The molecule has 1 atom stereocenters. The number of aryl methyl sites for hydroxylation is 1. The second kappa shape index (κ2) is 7.67. The Morgan fingerprint density at radius 2 is 2.03 bits per heavy atom. The lowest BCUT2D eigenvalue weighted by molar-refractivity contribution is -0.120. The molecule has 160 valence electrons. The van der Waals surface area contributed by atoms with Crippen LogP contribution in [0.2, 0.25) is 0 Å². The van der Waals surface area contributed by atoms with Crippen LogP contribution in [0.15, 0.2) is 16.7 Å². The van der Waals surface area contributed by atoms with Gasteiger partial charge in [0.15, 0.2) is 11.4 Å². The van der Waals surface area contributed by atoms with Gasteiger partial charge < -0.3 is 4.52 Å². The fourth-order valence-electron chi connectivity index (χ4n) is 4.70. The third kappa shape index (κ3) is 3.70. The van der Waals surface area contributed by atoms with E-state index in [0.717, 1.165) is 43.0 Å². The van der Waals surface area contributed by atoms with Gasteiger partial charge in [0.1, 0.15) is 0 Å². The van der Waals surface area contributed by atoms with Gasteiger partial charge in [-0.3, -0.25) is 24.8 Å². The molecule has 2 aliphatic heterocycles. The summed E-state index contributed by atoms with van der Waals surface area (Å²) in [4.78, 5) is 30.5. The van der Waals surface area contributed by atoms with E-state index in [4.69, 9.17) is 4.52 Å². The van der Waals surface area contributed by atoms with E-state index in [1.54, 1.807) is 0 Å². The van der Waals surface area contributed by atoms with Crippen molar-refractivity contribution in [1.29, 1.82) is 0 Å². The van der Waals surface area contributed by atoms with Crippen molar-refractivity contribution in [2.45, 2.75) is 45.7 Å². The molecule has 0 spiro atoms. The SMILES string of the molecule is Cc1c(CN2CCN(CC3CC3)[C@@H](C)C2)ccc2onc(N3CCC(=O)NC3=O)c12. The van der Waals surface area contributed by atoms with E-state index < -0.39 is 6.03 Å². The van der Waals surface area contributed by atoms with Gasteiger partial charge in [0.05, 0.1) is 5.39 Å². The first-order valence-electron chi connectivity index (χ1n) is 10.9. The molecule has 3 amide bonds. The van der Waals surface area contributed by atoms with E-state index in [9.17, 15) is 9.59 Å². The first kappa shape index (κ1) is 19.5. The van der Waals surface area contributed by atoms with Crippen molar-refractivity contribution in [2.75, 3.05) is 37.6 Å². The van der Waals surface area contributed by atoms with Crippen molar-refractivity contribution in [3.8, 4) is 0 Å². The third-order valence-electron chi connectivity index (χ3n) is 6.74. The summed E-state index contributed by atoms with van der Waals surface area (Å²) in [5.41, 5.74) is 2.98. The second-order valence-electron chi connectivity index (χ2n) is 9.01. The molecule has 1 aromatic heterocycles. The van der Waals surface area contributed by atoms with E-state index in [1.165, 1.54) is 29.8 Å². The van der Waals surface area contributed by atoms with Crippen LogP contribution in [0.25, 0.3) is 11.0 Å². The fourth-order valence-corrected chi connectivity index (χ4v) is 4.70. The van der Waals surface area contributed by atoms with Crippen molar-refractivity contribution >= 4 is 28.7 Å². The number of benzene rings is 1. The van der Waals surface area contributed by atoms with Gasteiger partial charge in [0.2, 0.25) is 5.91 Å². The molecule has 3 aliphatic rings. The van der Waals surface area contributed by atoms with Gasteiger partial charge in [0, 0.05) is 51.7 Å². The quantitative estimate of drug-likeness (QED) is 0.814. The van der Waals surface area contributed by atoms with Gasteiger partial charge in [-0.15, -0.1) is 0 Å². The number of amides is 3. The van der Waals surface area contributed by atoms with Crippen molar-refractivity contribution in [2.24, 2.45) is 5.92 Å². The Balaban J connectivity index is 1.35. The van der Waals surface area contributed by atoms with Crippen molar-refractivity contribution in [1.82, 2.24) is 20.3 Å². The summed E-state index contributed by atoms with van der Waals surface area (Å²) in [5, 5.41) is 7.38. The minimum absolute atomic E-state index is 0.253. The summed E-state index contributed by atoms with van der Waals surface area (Å²) in [5.74, 6) is 1.17. The average molecular weight is 412 g/mol. The number of anilines is 1. The minimum atomic E-state index is -0.438. The van der Waals surface area contributed by atoms with E-state index >= 15 is 0 Å². The topological polar surface area (TPSA) is 81.9 Å². The fraction of sp³-hybridized carbons (Fsp3) is 0.591. The largest absolute Gasteiger partial charge is 0.354 e. The number of hydrogen-bond donors (Lipinski definition) is 1. The number of carbonyl (C=O) groups is 2. The van der Waals surface area contributed by atoms with Gasteiger partial charge >= 0.3 is 6.03 Å². The normalized spacial score (nSPS) is 23.9. The van der Waals surface area contributed by atoms with Crippen LogP contribution in [0.3, 0.4) is 0 Å². The maximum atomic E-state index is 12.3. The van der Waals surface area contributed by atoms with Gasteiger partial charge in [-0.05, 0) is 49.8 Å². The van der Waals surface area contributed by atoms with Gasteiger partial charge in [0.25, 0.3) is 0 Å². The number of nitrogens with one attached hydrogen (secondary N) is 1. The first-order valence-corrected chi connectivity index (χ1v) is 10.9. The zero-order valence-corrected chi connectivity index (χ0v) is 17.7. The molecule has 1 aliphatic carbocycles. The molecule has 1 N–H and O–H groups in total. The summed E-state index contributed by atoms with van der Waals surface area (Å²) in [6.07, 6.45) is 3.06. The van der Waals surface area contributed by atoms with E-state index in [1.807, 2.05) is 6.07 Å². The molecule has 0 radical (unpaired) electrons. The Morgan fingerprint density at radius 1 is 1.20 bits per heavy atom. The highest BCUT2D eigenvalue weighted by atomic mass is 16.5. The molecule has 2 saturated heterocycles. The smallest absolute Gasteiger partial charge is 0.329 e. The van der Waals surface area contributed by atoms with E-state index in [0.29, 0.717) is 24.0 Å². The lowest BCUT2D eigenvalue weighted by Crippen LogP contribution is -2.51. The number of imide groups is 1. The zero-order valence-electron chi connectivity index (χ0n) is 17.7. The summed E-state index contributed by atoms with van der Waals surface area (Å²) in [6.45, 7) is 10.1. The van der Waals surface area contributed by atoms with Gasteiger partial charge in [-0.25, -0.2) is 4.79 Å². The Labute approximate surface area is 176 Å². The molecule has 8 nitrogen and oxygen atoms in total. The molecule has 2 aromatic rings. The number of piperazine rings is 1. The average Bonchev–Trinajstić information content (AvgIpc) is 3.43. The molecular formula is C22H29N5O3. The number of rotatable bonds is 5. The number of nitrogens with zero attached hydrogens (tertiary/aromatic N) is 4. The second-order valence-corrected chi connectivity index (χ2v) is 9.01. The molecule has 0 bridgehead atoms. The Hall–Kier alpha value is -2.45. The molecule has 3 heterocycles. The lowest BCUT2D eigenvalue weighted by Gasteiger charge is -2.40. The zero-order chi connectivity index (χ0) is 20.8. The Morgan fingerprint density at radius 3 is 2.77 bits per heavy atom. The van der Waals surface area contributed by atoms with Crippen molar-refractivity contribution in [3.63, 3.8) is 0 Å². The highest BCUT2D eigenvalue weighted by Crippen LogP contribution is 2.33. The number of hydrogen-bond acceptors (Lipinski definition) is 6. The summed E-state index contributed by atoms with van der Waals surface area (Å²) in [7, 11) is 0. The maximum Gasteiger partial charge on any atom is 0.329 e. The van der Waals surface area contributed by atoms with Gasteiger partial charge in [-0.2, -0.15) is 0 Å². The molecule has 3 fully saturated rings. The van der Waals surface area contributed by atoms with Crippen molar-refractivity contribution in [3.05, 3.63) is 23.3 Å². The molecular weight excluding hydrogens is 382 g/mol. The molecule has 0 unspecified atom stereocenters. The summed E-state index contributed by atoms with van der Waals surface area (Å²) >= 11 is 0. The summed E-state index contributed by atoms with van der Waals surface area (Å²) in [6, 6.07) is 4.18. The molecule has 5 rings (SSSR count). The van der Waals surface area contributed by atoms with Crippen LogP contribution >= 0.6 is 0 Å². The Kier molecular flexibility index (Phi) is 4.99. The Bertz CT molecular complexity index is 983. The maximum absolute atomic E-state index is 12.3. The number of fused-ring (bicyclic) bond motifs is 1. The first-order chi connectivity index (χ1) is 14.5. The molecule has 8 heteroatoms. The van der Waals surface area contributed by atoms with Crippen LogP contribution in [0.1, 0.15) is 37.3 Å². The number of aromatic nitrogens is 1. The van der Waals surface area contributed by atoms with Crippen LogP contribution in [0.5, 0.6) is 0 Å². The lowest BCUT2D eigenvalue weighted by atomic mass is 10.0. The predicted molar refractivity (Wildman–Crippen MR) is 113 cm³/mol. The van der Waals surface area contributed by atoms with Crippen LogP contribution in [0.4, 0.5) is 10.6 Å². The highest BCUT2D eigenvalue weighted by molar-refractivity contribution is 6.09. The van der Waals surface area contributed by atoms with Crippen molar-refractivity contribution < 1.29 is 14.1 Å². The predicted octanol–water partition coefficient (Wildman–Crippen LogP) is 2.50.